The zero-order valence-corrected chi connectivity index (χ0v) is 19.3. The average Bonchev–Trinajstić information content (AvgIpc) is 3.07. The van der Waals surface area contributed by atoms with E-state index in [9.17, 15) is 9.18 Å². The highest BCUT2D eigenvalue weighted by Gasteiger charge is 2.45. The summed E-state index contributed by atoms with van der Waals surface area (Å²) < 4.78 is 25.2. The Balaban J connectivity index is 1.80. The van der Waals surface area contributed by atoms with E-state index in [0.29, 0.717) is 11.3 Å². The lowest BCUT2D eigenvalue weighted by atomic mass is 9.78. The van der Waals surface area contributed by atoms with Gasteiger partial charge >= 0.3 is 0 Å². The fourth-order valence-corrected chi connectivity index (χ4v) is 4.63. The van der Waals surface area contributed by atoms with E-state index in [1.54, 1.807) is 31.4 Å². The Hall–Kier alpha value is -3.34. The van der Waals surface area contributed by atoms with Gasteiger partial charge < -0.3 is 14.8 Å². The fraction of sp³-hybridized carbons (Fsp3) is 0.296. The fourth-order valence-electron chi connectivity index (χ4n) is 4.63. The number of benzene rings is 3. The molecule has 1 atom stereocenters. The first-order valence-corrected chi connectivity index (χ1v) is 10.7. The van der Waals surface area contributed by atoms with Crippen LogP contribution in [0.4, 0.5) is 10.1 Å². The van der Waals surface area contributed by atoms with Crippen LogP contribution in [0.3, 0.4) is 0 Å². The van der Waals surface area contributed by atoms with E-state index in [2.05, 4.69) is 5.32 Å². The maximum Gasteiger partial charge on any atom is 0.255 e. The van der Waals surface area contributed by atoms with E-state index in [-0.39, 0.29) is 17.6 Å². The van der Waals surface area contributed by atoms with Gasteiger partial charge in [0.05, 0.1) is 13.0 Å². The maximum absolute atomic E-state index is 13.6. The van der Waals surface area contributed by atoms with Gasteiger partial charge in [-0.2, -0.15) is 0 Å². The van der Waals surface area contributed by atoms with Crippen LogP contribution in [0, 0.1) is 26.6 Å². The Morgan fingerprint density at radius 3 is 2.19 bits per heavy atom. The minimum Gasteiger partial charge on any atom is -0.497 e. The average molecular weight is 434 g/mol. The standard InChI is InChI=1S/C27H28FNO3/c1-15-16(2)25-22(23(27(4,5)32-25)18-7-11-20(28)12-8-18)17(3)24(15)29-26(30)19-9-13-21(31-6)14-10-19/h7-14,23H,1-6H3,(H,29,30). The molecule has 1 aliphatic rings. The van der Waals surface area contributed by atoms with Gasteiger partial charge in [0.1, 0.15) is 22.9 Å². The first kappa shape index (κ1) is 21.9. The molecule has 1 N–H and O–H groups in total. The number of amides is 1. The number of methoxy groups -OCH3 is 1. The number of carbonyl (C=O) groups excluding carboxylic acids is 1. The number of hydrogen-bond acceptors (Lipinski definition) is 3. The molecule has 1 heterocycles. The summed E-state index contributed by atoms with van der Waals surface area (Å²) >= 11 is 0. The first-order valence-electron chi connectivity index (χ1n) is 10.7. The predicted octanol–water partition coefficient (Wildman–Crippen LogP) is 6.31. The van der Waals surface area contributed by atoms with Crippen molar-refractivity contribution in [3.63, 3.8) is 0 Å². The monoisotopic (exact) mass is 433 g/mol. The number of ether oxygens (including phenoxy) is 2. The smallest absolute Gasteiger partial charge is 0.255 e. The molecule has 0 bridgehead atoms. The molecule has 4 nitrogen and oxygen atoms in total. The van der Waals surface area contributed by atoms with Gasteiger partial charge in [-0.15, -0.1) is 0 Å². The van der Waals surface area contributed by atoms with Gasteiger partial charge in [0.15, 0.2) is 0 Å². The van der Waals surface area contributed by atoms with Gasteiger partial charge in [-0.25, -0.2) is 4.39 Å². The zero-order valence-electron chi connectivity index (χ0n) is 19.3. The molecule has 3 aromatic carbocycles. The zero-order chi connectivity index (χ0) is 23.2. The molecule has 0 spiro atoms. The summed E-state index contributed by atoms with van der Waals surface area (Å²) in [6.07, 6.45) is 0. The van der Waals surface area contributed by atoms with Crippen molar-refractivity contribution >= 4 is 11.6 Å². The SMILES string of the molecule is COc1ccc(C(=O)Nc2c(C)c(C)c3c(c2C)C(c2ccc(F)cc2)C(C)(C)O3)cc1. The van der Waals surface area contributed by atoms with E-state index in [1.165, 1.54) is 12.1 Å². The summed E-state index contributed by atoms with van der Waals surface area (Å²) in [6, 6.07) is 13.6. The van der Waals surface area contributed by atoms with Crippen molar-refractivity contribution in [2.75, 3.05) is 12.4 Å². The third-order valence-corrected chi connectivity index (χ3v) is 6.44. The van der Waals surface area contributed by atoms with Crippen molar-refractivity contribution in [1.82, 2.24) is 0 Å². The van der Waals surface area contributed by atoms with Crippen LogP contribution in [0.2, 0.25) is 0 Å². The molecule has 0 radical (unpaired) electrons. The number of anilines is 1. The molecule has 0 aliphatic carbocycles. The lowest BCUT2D eigenvalue weighted by Gasteiger charge is -2.27. The van der Waals surface area contributed by atoms with Crippen molar-refractivity contribution in [3.8, 4) is 11.5 Å². The normalized spacial score (nSPS) is 16.3. The number of carbonyl (C=O) groups is 1. The Morgan fingerprint density at radius 2 is 1.59 bits per heavy atom. The van der Waals surface area contributed by atoms with Crippen molar-refractivity contribution in [1.29, 1.82) is 0 Å². The van der Waals surface area contributed by atoms with Crippen LogP contribution in [0.15, 0.2) is 48.5 Å². The van der Waals surface area contributed by atoms with E-state index in [1.807, 2.05) is 46.8 Å². The molecular formula is C27H28FNO3. The Kier molecular flexibility index (Phi) is 5.45. The van der Waals surface area contributed by atoms with Gasteiger partial charge in [0, 0.05) is 16.8 Å². The van der Waals surface area contributed by atoms with Crippen molar-refractivity contribution in [3.05, 3.63) is 87.7 Å². The van der Waals surface area contributed by atoms with Crippen LogP contribution < -0.4 is 14.8 Å². The van der Waals surface area contributed by atoms with E-state index in [0.717, 1.165) is 39.3 Å². The quantitative estimate of drug-likeness (QED) is 0.524. The highest BCUT2D eigenvalue weighted by atomic mass is 19.1. The lowest BCUT2D eigenvalue weighted by Crippen LogP contribution is -2.31. The second kappa shape index (κ2) is 7.97. The van der Waals surface area contributed by atoms with Crippen molar-refractivity contribution < 1.29 is 18.7 Å². The molecule has 1 aliphatic heterocycles. The molecule has 166 valence electrons. The second-order valence-electron chi connectivity index (χ2n) is 8.87. The van der Waals surface area contributed by atoms with Gasteiger partial charge in [-0.3, -0.25) is 4.79 Å². The third kappa shape index (κ3) is 3.62. The molecule has 3 aromatic rings. The summed E-state index contributed by atoms with van der Waals surface area (Å²) in [5.74, 6) is 1.00. The molecular weight excluding hydrogens is 405 g/mol. The van der Waals surface area contributed by atoms with Crippen molar-refractivity contribution in [2.24, 2.45) is 0 Å². The molecule has 1 amide bonds. The number of rotatable bonds is 4. The highest BCUT2D eigenvalue weighted by Crippen LogP contribution is 2.53. The minimum absolute atomic E-state index is 0.0889. The maximum atomic E-state index is 13.6. The molecule has 4 rings (SSSR count). The van der Waals surface area contributed by atoms with Crippen molar-refractivity contribution in [2.45, 2.75) is 46.1 Å². The van der Waals surface area contributed by atoms with Crippen LogP contribution in [0.5, 0.6) is 11.5 Å². The van der Waals surface area contributed by atoms with Crippen LogP contribution >= 0.6 is 0 Å². The first-order chi connectivity index (χ1) is 15.1. The largest absolute Gasteiger partial charge is 0.497 e. The van der Waals surface area contributed by atoms with Gasteiger partial charge in [0.2, 0.25) is 0 Å². The van der Waals surface area contributed by atoms with Crippen LogP contribution in [0.25, 0.3) is 0 Å². The lowest BCUT2D eigenvalue weighted by molar-refractivity contribution is 0.102. The molecule has 0 aromatic heterocycles. The summed E-state index contributed by atoms with van der Waals surface area (Å²) in [5, 5.41) is 3.12. The topological polar surface area (TPSA) is 47.6 Å². The van der Waals surface area contributed by atoms with Crippen LogP contribution in [-0.4, -0.2) is 18.6 Å². The van der Waals surface area contributed by atoms with E-state index < -0.39 is 5.60 Å². The van der Waals surface area contributed by atoms with Crippen LogP contribution in [-0.2, 0) is 0 Å². The molecule has 5 heteroatoms. The number of hydrogen-bond donors (Lipinski definition) is 1. The Labute approximate surface area is 188 Å². The number of nitrogens with one attached hydrogen (secondary N) is 1. The molecule has 0 saturated heterocycles. The second-order valence-corrected chi connectivity index (χ2v) is 8.87. The highest BCUT2D eigenvalue weighted by molar-refractivity contribution is 6.05. The van der Waals surface area contributed by atoms with Gasteiger partial charge in [-0.1, -0.05) is 12.1 Å². The Bertz CT molecular complexity index is 1180. The summed E-state index contributed by atoms with van der Waals surface area (Å²) in [7, 11) is 1.59. The molecule has 32 heavy (non-hydrogen) atoms. The summed E-state index contributed by atoms with van der Waals surface area (Å²) in [6.45, 7) is 10.1. The molecule has 1 unspecified atom stereocenters. The molecule has 0 saturated carbocycles. The number of fused-ring (bicyclic) bond motifs is 1. The van der Waals surface area contributed by atoms with Crippen LogP contribution in [0.1, 0.15) is 57.9 Å². The minimum atomic E-state index is -0.513. The Morgan fingerprint density at radius 1 is 0.969 bits per heavy atom. The summed E-state index contributed by atoms with van der Waals surface area (Å²) in [4.78, 5) is 13.0. The summed E-state index contributed by atoms with van der Waals surface area (Å²) in [5.41, 5.74) is 5.77. The predicted molar refractivity (Wildman–Crippen MR) is 125 cm³/mol. The van der Waals surface area contributed by atoms with E-state index >= 15 is 0 Å². The van der Waals surface area contributed by atoms with E-state index in [4.69, 9.17) is 9.47 Å². The third-order valence-electron chi connectivity index (χ3n) is 6.44. The van der Waals surface area contributed by atoms with Gasteiger partial charge in [0.25, 0.3) is 5.91 Å². The molecule has 0 fully saturated rings. The number of halogens is 1. The van der Waals surface area contributed by atoms with Gasteiger partial charge in [-0.05, 0) is 93.3 Å².